The van der Waals surface area contributed by atoms with E-state index in [4.69, 9.17) is 5.73 Å². The summed E-state index contributed by atoms with van der Waals surface area (Å²) < 4.78 is 37.0. The largest absolute Gasteiger partial charge is 0.434 e. The summed E-state index contributed by atoms with van der Waals surface area (Å²) in [6.45, 7) is 1.83. The van der Waals surface area contributed by atoms with E-state index in [0.29, 0.717) is 12.3 Å². The van der Waals surface area contributed by atoms with Crippen LogP contribution in [0, 0.1) is 0 Å². The van der Waals surface area contributed by atoms with Crippen LogP contribution in [0.25, 0.3) is 0 Å². The Kier molecular flexibility index (Phi) is 2.53. The Morgan fingerprint density at radius 3 is 2.69 bits per heavy atom. The third-order valence-corrected chi connectivity index (χ3v) is 2.97. The fourth-order valence-electron chi connectivity index (χ4n) is 1.40. The van der Waals surface area contributed by atoms with Gasteiger partial charge in [-0.05, 0) is 6.92 Å². The van der Waals surface area contributed by atoms with Gasteiger partial charge in [-0.15, -0.1) is 11.3 Å². The molecule has 1 atom stereocenters. The van der Waals surface area contributed by atoms with Gasteiger partial charge in [-0.1, -0.05) is 0 Å². The molecule has 2 N–H and O–H groups in total. The third kappa shape index (κ3) is 1.97. The van der Waals surface area contributed by atoms with Crippen LogP contribution >= 0.6 is 11.3 Å². The molecule has 8 heteroatoms. The van der Waals surface area contributed by atoms with Crippen molar-refractivity contribution in [2.75, 3.05) is 5.01 Å². The summed E-state index contributed by atoms with van der Waals surface area (Å²) in [7, 11) is 0. The van der Waals surface area contributed by atoms with Crippen molar-refractivity contribution in [1.82, 2.24) is 4.98 Å². The third-order valence-electron chi connectivity index (χ3n) is 2.14. The second-order valence-corrected chi connectivity index (χ2v) is 4.34. The molecule has 1 aromatic rings. The number of nitrogens with two attached hydrogens (primary N) is 1. The van der Waals surface area contributed by atoms with E-state index >= 15 is 0 Å². The summed E-state index contributed by atoms with van der Waals surface area (Å²) in [5.74, 6) is 0.413. The molecule has 4 nitrogen and oxygen atoms in total. The summed E-state index contributed by atoms with van der Waals surface area (Å²) in [6, 6.07) is -0.0489. The lowest BCUT2D eigenvalue weighted by Gasteiger charge is -2.15. The van der Waals surface area contributed by atoms with E-state index in [2.05, 4.69) is 10.1 Å². The Hall–Kier alpha value is -1.31. The molecule has 88 valence electrons. The number of halogens is 3. The maximum Gasteiger partial charge on any atom is 0.434 e. The molecule has 0 radical (unpaired) electrons. The minimum absolute atomic E-state index is 0.0489. The molecular weight excluding hydrogens is 241 g/mol. The summed E-state index contributed by atoms with van der Waals surface area (Å²) in [5, 5.41) is 6.57. The Morgan fingerprint density at radius 1 is 1.56 bits per heavy atom. The Labute approximate surface area is 93.6 Å². The molecule has 0 aromatic carbocycles. The molecule has 0 saturated carbocycles. The van der Waals surface area contributed by atoms with Crippen LogP contribution in [0.4, 0.5) is 18.3 Å². The smallest absolute Gasteiger partial charge is 0.386 e. The van der Waals surface area contributed by atoms with Crippen molar-refractivity contribution in [2.45, 2.75) is 25.6 Å². The molecular formula is C8H9F3N4S. The number of amidine groups is 1. The predicted octanol–water partition coefficient (Wildman–Crippen LogP) is 2.03. The van der Waals surface area contributed by atoms with E-state index in [0.717, 1.165) is 16.7 Å². The molecule has 0 aliphatic carbocycles. The molecule has 0 spiro atoms. The Balaban J connectivity index is 2.26. The number of alkyl halides is 3. The van der Waals surface area contributed by atoms with E-state index in [-0.39, 0.29) is 11.2 Å². The molecule has 1 aliphatic heterocycles. The van der Waals surface area contributed by atoms with Gasteiger partial charge < -0.3 is 5.73 Å². The van der Waals surface area contributed by atoms with Crippen molar-refractivity contribution in [3.8, 4) is 0 Å². The topological polar surface area (TPSA) is 54.5 Å². The first-order chi connectivity index (χ1) is 7.38. The molecule has 0 amide bonds. The van der Waals surface area contributed by atoms with Gasteiger partial charge in [0.05, 0.1) is 6.04 Å². The highest BCUT2D eigenvalue weighted by Crippen LogP contribution is 2.34. The fourth-order valence-corrected chi connectivity index (χ4v) is 2.28. The number of thiazole rings is 1. The lowest BCUT2D eigenvalue weighted by atomic mass is 10.2. The van der Waals surface area contributed by atoms with Gasteiger partial charge >= 0.3 is 6.18 Å². The first-order valence-electron chi connectivity index (χ1n) is 4.53. The maximum atomic E-state index is 12.3. The number of nitrogens with zero attached hydrogens (tertiary/aromatic N) is 3. The number of aromatic nitrogens is 1. The van der Waals surface area contributed by atoms with E-state index in [1.165, 1.54) is 5.01 Å². The van der Waals surface area contributed by atoms with E-state index < -0.39 is 11.9 Å². The monoisotopic (exact) mass is 250 g/mol. The van der Waals surface area contributed by atoms with Crippen molar-refractivity contribution < 1.29 is 13.2 Å². The van der Waals surface area contributed by atoms with Gasteiger partial charge in [0.15, 0.2) is 5.69 Å². The van der Waals surface area contributed by atoms with Crippen LogP contribution in [0.1, 0.15) is 19.0 Å². The average Bonchev–Trinajstić information content (AvgIpc) is 2.70. The minimum atomic E-state index is -4.41. The standard InChI is InChI=1S/C8H9F3N4S/c1-4-2-6(12)14-15(4)7-13-5(3-16-7)8(9,10)11/h3-4H,2H2,1H3,(H2,12,14). The molecule has 2 rings (SSSR count). The summed E-state index contributed by atoms with van der Waals surface area (Å²) in [4.78, 5) is 3.51. The van der Waals surface area contributed by atoms with Gasteiger partial charge in [-0.3, -0.25) is 0 Å². The molecule has 2 heterocycles. The first-order valence-corrected chi connectivity index (χ1v) is 5.41. The molecule has 16 heavy (non-hydrogen) atoms. The molecule has 1 aliphatic rings. The second kappa shape index (κ2) is 3.62. The summed E-state index contributed by atoms with van der Waals surface area (Å²) >= 11 is 0.912. The first kappa shape index (κ1) is 11.2. The van der Waals surface area contributed by atoms with Crippen LogP contribution in [0.15, 0.2) is 10.5 Å². The number of hydrazone groups is 1. The van der Waals surface area contributed by atoms with Crippen molar-refractivity contribution in [1.29, 1.82) is 0 Å². The van der Waals surface area contributed by atoms with Crippen LogP contribution in [-0.4, -0.2) is 16.9 Å². The molecule has 0 saturated heterocycles. The number of hydrogen-bond acceptors (Lipinski definition) is 5. The van der Waals surface area contributed by atoms with E-state index in [1.54, 1.807) is 0 Å². The Morgan fingerprint density at radius 2 is 2.25 bits per heavy atom. The Bertz CT molecular complexity index is 425. The summed E-state index contributed by atoms with van der Waals surface area (Å²) in [5.41, 5.74) is 4.62. The molecule has 1 aromatic heterocycles. The van der Waals surface area contributed by atoms with Gasteiger partial charge in [0.1, 0.15) is 5.84 Å². The van der Waals surface area contributed by atoms with Crippen LogP contribution < -0.4 is 10.7 Å². The van der Waals surface area contributed by atoms with Crippen molar-refractivity contribution >= 4 is 22.3 Å². The fraction of sp³-hybridized carbons (Fsp3) is 0.500. The highest BCUT2D eigenvalue weighted by atomic mass is 32.1. The van der Waals surface area contributed by atoms with Crippen LogP contribution in [0.3, 0.4) is 0 Å². The number of hydrogen-bond donors (Lipinski definition) is 1. The number of anilines is 1. The normalized spacial score (nSPS) is 21.4. The minimum Gasteiger partial charge on any atom is -0.386 e. The van der Waals surface area contributed by atoms with E-state index in [9.17, 15) is 13.2 Å². The summed E-state index contributed by atoms with van der Waals surface area (Å²) in [6.07, 6.45) is -3.87. The van der Waals surface area contributed by atoms with Crippen LogP contribution in [0.5, 0.6) is 0 Å². The highest BCUT2D eigenvalue weighted by molar-refractivity contribution is 7.13. The second-order valence-electron chi connectivity index (χ2n) is 3.50. The molecule has 1 unspecified atom stereocenters. The van der Waals surface area contributed by atoms with E-state index in [1.807, 2.05) is 6.92 Å². The van der Waals surface area contributed by atoms with Gasteiger partial charge in [-0.2, -0.15) is 18.3 Å². The number of rotatable bonds is 1. The zero-order valence-electron chi connectivity index (χ0n) is 8.32. The predicted molar refractivity (Wildman–Crippen MR) is 55.3 cm³/mol. The lowest BCUT2D eigenvalue weighted by Crippen LogP contribution is -2.23. The highest BCUT2D eigenvalue weighted by Gasteiger charge is 2.35. The maximum absolute atomic E-state index is 12.3. The molecule has 0 fully saturated rings. The van der Waals surface area contributed by atoms with Crippen LogP contribution in [-0.2, 0) is 6.18 Å². The van der Waals surface area contributed by atoms with Crippen molar-refractivity contribution in [3.63, 3.8) is 0 Å². The van der Waals surface area contributed by atoms with Crippen LogP contribution in [0.2, 0.25) is 0 Å². The quantitative estimate of drug-likeness (QED) is 0.829. The van der Waals surface area contributed by atoms with Gasteiger partial charge in [0.25, 0.3) is 0 Å². The van der Waals surface area contributed by atoms with Crippen molar-refractivity contribution in [3.05, 3.63) is 11.1 Å². The lowest BCUT2D eigenvalue weighted by molar-refractivity contribution is -0.140. The van der Waals surface area contributed by atoms with Gasteiger partial charge in [0, 0.05) is 11.8 Å². The van der Waals surface area contributed by atoms with Crippen molar-refractivity contribution in [2.24, 2.45) is 10.8 Å². The van der Waals surface area contributed by atoms with Gasteiger partial charge in [0.2, 0.25) is 5.13 Å². The molecule has 0 bridgehead atoms. The zero-order chi connectivity index (χ0) is 11.9. The van der Waals surface area contributed by atoms with Gasteiger partial charge in [-0.25, -0.2) is 9.99 Å². The zero-order valence-corrected chi connectivity index (χ0v) is 9.14. The SMILES string of the molecule is CC1CC(N)=NN1c1nc(C(F)(F)F)cs1. The average molecular weight is 250 g/mol.